The second-order valence-corrected chi connectivity index (χ2v) is 6.95. The number of carbonyl (C=O) groups is 1. The van der Waals surface area contributed by atoms with Crippen LogP contribution < -0.4 is 0 Å². The molecule has 0 bridgehead atoms. The summed E-state index contributed by atoms with van der Waals surface area (Å²) >= 11 is 0. The van der Waals surface area contributed by atoms with Crippen LogP contribution >= 0.6 is 0 Å². The molecule has 5 heteroatoms. The van der Waals surface area contributed by atoms with Crippen LogP contribution in [0.3, 0.4) is 0 Å². The zero-order chi connectivity index (χ0) is 16.7. The lowest BCUT2D eigenvalue weighted by molar-refractivity contribution is -0.133. The highest BCUT2D eigenvalue weighted by Crippen LogP contribution is 2.33. The summed E-state index contributed by atoms with van der Waals surface area (Å²) < 4.78 is 2.36. The average molecular weight is 324 g/mol. The number of amides is 1. The lowest BCUT2D eigenvalue weighted by atomic mass is 9.92. The molecular formula is C19H24N4O. The largest absolute Gasteiger partial charge is 0.346 e. The number of aromatic nitrogens is 3. The van der Waals surface area contributed by atoms with E-state index in [4.69, 9.17) is 0 Å². The van der Waals surface area contributed by atoms with Crippen LogP contribution in [0.1, 0.15) is 39.2 Å². The number of fused-ring (bicyclic) bond motifs is 3. The molecule has 1 N–H and O–H groups in total. The molecule has 0 aromatic carbocycles. The highest BCUT2D eigenvalue weighted by Gasteiger charge is 2.30. The summed E-state index contributed by atoms with van der Waals surface area (Å²) in [6.07, 6.45) is 8.65. The Morgan fingerprint density at radius 2 is 2.29 bits per heavy atom. The van der Waals surface area contributed by atoms with Crippen molar-refractivity contribution in [3.8, 4) is 0 Å². The van der Waals surface area contributed by atoms with E-state index < -0.39 is 0 Å². The van der Waals surface area contributed by atoms with Crippen molar-refractivity contribution in [2.24, 2.45) is 5.92 Å². The van der Waals surface area contributed by atoms with Crippen molar-refractivity contribution in [3.05, 3.63) is 30.7 Å². The van der Waals surface area contributed by atoms with Crippen LogP contribution in [0.2, 0.25) is 0 Å². The van der Waals surface area contributed by atoms with E-state index in [9.17, 15) is 4.79 Å². The molecule has 3 aromatic heterocycles. The number of aromatic amines is 1. The first-order valence-electron chi connectivity index (χ1n) is 8.89. The topological polar surface area (TPSA) is 53.9 Å². The third kappa shape index (κ3) is 2.39. The predicted molar refractivity (Wildman–Crippen MR) is 95.9 cm³/mol. The maximum absolute atomic E-state index is 12.4. The Morgan fingerprint density at radius 3 is 3.12 bits per heavy atom. The minimum Gasteiger partial charge on any atom is -0.346 e. The number of pyridine rings is 1. The monoisotopic (exact) mass is 324 g/mol. The molecule has 24 heavy (non-hydrogen) atoms. The van der Waals surface area contributed by atoms with Gasteiger partial charge in [0.25, 0.3) is 0 Å². The van der Waals surface area contributed by atoms with Gasteiger partial charge in [-0.25, -0.2) is 4.98 Å². The van der Waals surface area contributed by atoms with Crippen molar-refractivity contribution in [2.45, 2.75) is 39.2 Å². The number of rotatable bonds is 3. The van der Waals surface area contributed by atoms with Crippen LogP contribution in [0.5, 0.6) is 0 Å². The lowest BCUT2D eigenvalue weighted by Gasteiger charge is -2.38. The number of nitrogens with zero attached hydrogens (tertiary/aromatic N) is 3. The molecule has 0 saturated carbocycles. The Balaban J connectivity index is 1.75. The molecule has 4 heterocycles. The maximum Gasteiger partial charge on any atom is 0.222 e. The van der Waals surface area contributed by atoms with Crippen molar-refractivity contribution >= 4 is 27.8 Å². The third-order valence-electron chi connectivity index (χ3n) is 5.35. The van der Waals surface area contributed by atoms with Gasteiger partial charge in [-0.2, -0.15) is 0 Å². The average Bonchev–Trinajstić information content (AvgIpc) is 3.21. The minimum absolute atomic E-state index is 0.291. The molecule has 1 saturated heterocycles. The van der Waals surface area contributed by atoms with E-state index in [0.29, 0.717) is 24.3 Å². The minimum atomic E-state index is 0.291. The first-order valence-corrected chi connectivity index (χ1v) is 8.89. The van der Waals surface area contributed by atoms with E-state index in [1.165, 1.54) is 5.52 Å². The Hall–Kier alpha value is -2.30. The summed E-state index contributed by atoms with van der Waals surface area (Å²) in [5.74, 6) is 0.841. The molecule has 3 aromatic rings. The Labute approximate surface area is 141 Å². The van der Waals surface area contributed by atoms with Crippen LogP contribution in [-0.4, -0.2) is 38.4 Å². The van der Waals surface area contributed by atoms with Crippen LogP contribution in [-0.2, 0) is 4.79 Å². The van der Waals surface area contributed by atoms with Gasteiger partial charge in [0.15, 0.2) is 0 Å². The van der Waals surface area contributed by atoms with Gasteiger partial charge >= 0.3 is 0 Å². The van der Waals surface area contributed by atoms with E-state index in [-0.39, 0.29) is 0 Å². The van der Waals surface area contributed by atoms with Gasteiger partial charge in [-0.15, -0.1) is 0 Å². The van der Waals surface area contributed by atoms with Crippen molar-refractivity contribution in [1.82, 2.24) is 19.4 Å². The molecule has 1 amide bonds. The van der Waals surface area contributed by atoms with E-state index in [2.05, 4.69) is 51.6 Å². The molecule has 4 rings (SSSR count). The summed E-state index contributed by atoms with van der Waals surface area (Å²) in [5, 5.41) is 2.31. The van der Waals surface area contributed by atoms with Crippen molar-refractivity contribution in [3.63, 3.8) is 0 Å². The summed E-state index contributed by atoms with van der Waals surface area (Å²) in [6, 6.07) is 4.54. The van der Waals surface area contributed by atoms with Gasteiger partial charge in [-0.1, -0.05) is 13.8 Å². The van der Waals surface area contributed by atoms with E-state index in [1.807, 2.05) is 12.4 Å². The van der Waals surface area contributed by atoms with Crippen LogP contribution in [0.4, 0.5) is 0 Å². The van der Waals surface area contributed by atoms with Crippen molar-refractivity contribution in [1.29, 1.82) is 0 Å². The SMILES string of the molecule is CCCC(=O)N1CCC(C)C(n2ccc3cnc4[nH]ccc4c32)C1. The second kappa shape index (κ2) is 5.96. The van der Waals surface area contributed by atoms with Gasteiger partial charge in [0.1, 0.15) is 5.65 Å². The fourth-order valence-electron chi connectivity index (χ4n) is 3.94. The number of nitrogens with one attached hydrogen (secondary N) is 1. The summed E-state index contributed by atoms with van der Waals surface area (Å²) in [7, 11) is 0. The molecule has 2 atom stereocenters. The molecular weight excluding hydrogens is 300 g/mol. The Kier molecular flexibility index (Phi) is 3.79. The van der Waals surface area contributed by atoms with E-state index in [1.54, 1.807) is 0 Å². The third-order valence-corrected chi connectivity index (χ3v) is 5.35. The first kappa shape index (κ1) is 15.2. The predicted octanol–water partition coefficient (Wildman–Crippen LogP) is 3.73. The van der Waals surface area contributed by atoms with Crippen LogP contribution in [0, 0.1) is 5.92 Å². The van der Waals surface area contributed by atoms with Gasteiger partial charge in [0.05, 0.1) is 11.6 Å². The summed E-state index contributed by atoms with van der Waals surface area (Å²) in [5.41, 5.74) is 2.15. The number of H-pyrrole nitrogens is 1. The quantitative estimate of drug-likeness (QED) is 0.798. The molecule has 126 valence electrons. The highest BCUT2D eigenvalue weighted by molar-refractivity contribution is 6.02. The Bertz CT molecular complexity index is 878. The number of piperidine rings is 1. The number of hydrogen-bond acceptors (Lipinski definition) is 2. The Morgan fingerprint density at radius 1 is 1.42 bits per heavy atom. The normalized spacial score (nSPS) is 21.7. The van der Waals surface area contributed by atoms with Gasteiger partial charge < -0.3 is 14.5 Å². The maximum atomic E-state index is 12.4. The standard InChI is InChI=1S/C19H24N4O/c1-3-4-17(24)22-9-6-13(2)16(12-22)23-10-7-14-11-21-19-15(18(14)23)5-8-20-19/h5,7-8,10-11,13,16H,3-4,6,9,12H2,1-2H3,(H,20,21). The molecule has 0 aliphatic carbocycles. The molecule has 5 nitrogen and oxygen atoms in total. The van der Waals surface area contributed by atoms with Crippen LogP contribution in [0.25, 0.3) is 21.9 Å². The first-order chi connectivity index (χ1) is 11.7. The fraction of sp³-hybridized carbons (Fsp3) is 0.474. The van der Waals surface area contributed by atoms with Gasteiger partial charge in [-0.3, -0.25) is 4.79 Å². The van der Waals surface area contributed by atoms with Gasteiger partial charge in [0, 0.05) is 48.9 Å². The number of hydrogen-bond donors (Lipinski definition) is 1. The van der Waals surface area contributed by atoms with Crippen molar-refractivity contribution < 1.29 is 4.79 Å². The van der Waals surface area contributed by atoms with E-state index >= 15 is 0 Å². The van der Waals surface area contributed by atoms with Crippen LogP contribution in [0.15, 0.2) is 30.7 Å². The molecule has 2 unspecified atom stereocenters. The van der Waals surface area contributed by atoms with Gasteiger partial charge in [0.2, 0.25) is 5.91 Å². The zero-order valence-corrected chi connectivity index (χ0v) is 14.3. The van der Waals surface area contributed by atoms with Crippen molar-refractivity contribution in [2.75, 3.05) is 13.1 Å². The number of carbonyl (C=O) groups excluding carboxylic acids is 1. The highest BCUT2D eigenvalue weighted by atomic mass is 16.2. The fourth-order valence-corrected chi connectivity index (χ4v) is 3.94. The smallest absolute Gasteiger partial charge is 0.222 e. The van der Waals surface area contributed by atoms with Gasteiger partial charge in [-0.05, 0) is 30.9 Å². The molecule has 1 aliphatic heterocycles. The zero-order valence-electron chi connectivity index (χ0n) is 14.3. The summed E-state index contributed by atoms with van der Waals surface area (Å²) in [4.78, 5) is 22.1. The second-order valence-electron chi connectivity index (χ2n) is 6.95. The van der Waals surface area contributed by atoms with E-state index in [0.717, 1.165) is 42.4 Å². The summed E-state index contributed by atoms with van der Waals surface area (Å²) in [6.45, 7) is 6.06. The molecule has 0 spiro atoms. The molecule has 1 fully saturated rings. The lowest BCUT2D eigenvalue weighted by Crippen LogP contribution is -2.43. The number of likely N-dealkylation sites (tertiary alicyclic amines) is 1. The molecule has 0 radical (unpaired) electrons. The molecule has 1 aliphatic rings.